The molecule has 1 aliphatic rings. The first-order valence-corrected chi connectivity index (χ1v) is 5.73. The Hall–Kier alpha value is -1.53. The lowest BCUT2D eigenvalue weighted by Gasteiger charge is -2.26. The Bertz CT molecular complexity index is 420. The van der Waals surface area contributed by atoms with Crippen LogP contribution in [-0.2, 0) is 0 Å². The smallest absolute Gasteiger partial charge is 0.0994 e. The SMILES string of the molecule is Cc1cc(N2CCCC2CN)ccc1C#N. The minimum atomic E-state index is 0.465. The van der Waals surface area contributed by atoms with E-state index < -0.39 is 0 Å². The molecule has 3 heteroatoms. The van der Waals surface area contributed by atoms with Crippen LogP contribution in [0.5, 0.6) is 0 Å². The van der Waals surface area contributed by atoms with Crippen LogP contribution in [0.1, 0.15) is 24.0 Å². The Balaban J connectivity index is 2.28. The Morgan fingerprint density at radius 3 is 3.00 bits per heavy atom. The van der Waals surface area contributed by atoms with E-state index in [-0.39, 0.29) is 0 Å². The molecule has 1 fully saturated rings. The molecule has 1 aromatic carbocycles. The number of nitrogens with zero attached hydrogens (tertiary/aromatic N) is 2. The minimum Gasteiger partial charge on any atom is -0.367 e. The summed E-state index contributed by atoms with van der Waals surface area (Å²) in [5.41, 5.74) is 8.76. The van der Waals surface area contributed by atoms with Crippen LogP contribution < -0.4 is 10.6 Å². The topological polar surface area (TPSA) is 53.0 Å². The van der Waals surface area contributed by atoms with Crippen molar-refractivity contribution in [2.24, 2.45) is 5.73 Å². The Morgan fingerprint density at radius 2 is 2.38 bits per heavy atom. The van der Waals surface area contributed by atoms with Crippen molar-refractivity contribution in [2.75, 3.05) is 18.0 Å². The Labute approximate surface area is 96.5 Å². The van der Waals surface area contributed by atoms with Gasteiger partial charge in [0.25, 0.3) is 0 Å². The molecule has 16 heavy (non-hydrogen) atoms. The molecule has 2 N–H and O–H groups in total. The number of aryl methyl sites for hydroxylation is 1. The zero-order valence-corrected chi connectivity index (χ0v) is 9.61. The summed E-state index contributed by atoms with van der Waals surface area (Å²) in [6, 6.07) is 8.68. The van der Waals surface area contributed by atoms with Gasteiger partial charge in [-0.25, -0.2) is 0 Å². The molecule has 0 aliphatic carbocycles. The van der Waals surface area contributed by atoms with Crippen LogP contribution in [0.25, 0.3) is 0 Å². The van der Waals surface area contributed by atoms with E-state index in [1.807, 2.05) is 19.1 Å². The van der Waals surface area contributed by atoms with Crippen molar-refractivity contribution in [3.8, 4) is 6.07 Å². The van der Waals surface area contributed by atoms with Crippen LogP contribution in [0.3, 0.4) is 0 Å². The number of benzene rings is 1. The highest BCUT2D eigenvalue weighted by atomic mass is 15.2. The van der Waals surface area contributed by atoms with Gasteiger partial charge in [-0.3, -0.25) is 0 Å². The summed E-state index contributed by atoms with van der Waals surface area (Å²) >= 11 is 0. The third-order valence-corrected chi connectivity index (χ3v) is 3.31. The second-order valence-corrected chi connectivity index (χ2v) is 4.34. The molecule has 1 unspecified atom stereocenters. The molecule has 0 bridgehead atoms. The number of nitriles is 1. The monoisotopic (exact) mass is 215 g/mol. The summed E-state index contributed by atoms with van der Waals surface area (Å²) in [4.78, 5) is 2.36. The van der Waals surface area contributed by atoms with E-state index in [9.17, 15) is 0 Å². The number of anilines is 1. The molecular formula is C13H17N3. The largest absolute Gasteiger partial charge is 0.367 e. The van der Waals surface area contributed by atoms with E-state index in [1.165, 1.54) is 18.5 Å². The molecule has 2 rings (SSSR count). The third kappa shape index (κ3) is 1.89. The van der Waals surface area contributed by atoms with Crippen LogP contribution >= 0.6 is 0 Å². The first-order valence-electron chi connectivity index (χ1n) is 5.73. The van der Waals surface area contributed by atoms with Gasteiger partial charge in [0.15, 0.2) is 0 Å². The van der Waals surface area contributed by atoms with Gasteiger partial charge in [0.05, 0.1) is 11.6 Å². The van der Waals surface area contributed by atoms with E-state index in [0.717, 1.165) is 17.7 Å². The van der Waals surface area contributed by atoms with Gasteiger partial charge in [-0.15, -0.1) is 0 Å². The molecular weight excluding hydrogens is 198 g/mol. The van der Waals surface area contributed by atoms with Crippen LogP contribution in [0.15, 0.2) is 18.2 Å². The highest BCUT2D eigenvalue weighted by Crippen LogP contribution is 2.26. The number of hydrogen-bond acceptors (Lipinski definition) is 3. The number of hydrogen-bond donors (Lipinski definition) is 1. The second kappa shape index (κ2) is 4.54. The molecule has 0 saturated carbocycles. The highest BCUT2D eigenvalue weighted by Gasteiger charge is 2.23. The Morgan fingerprint density at radius 1 is 1.56 bits per heavy atom. The van der Waals surface area contributed by atoms with Crippen molar-refractivity contribution >= 4 is 5.69 Å². The fraction of sp³-hybridized carbons (Fsp3) is 0.462. The fourth-order valence-corrected chi connectivity index (χ4v) is 2.37. The van der Waals surface area contributed by atoms with Gasteiger partial charge in [0.1, 0.15) is 0 Å². The van der Waals surface area contributed by atoms with Crippen LogP contribution in [0, 0.1) is 18.3 Å². The molecule has 1 saturated heterocycles. The van der Waals surface area contributed by atoms with E-state index in [1.54, 1.807) is 0 Å². The maximum absolute atomic E-state index is 8.89. The molecule has 0 aromatic heterocycles. The average molecular weight is 215 g/mol. The molecule has 0 amide bonds. The number of rotatable bonds is 2. The molecule has 3 nitrogen and oxygen atoms in total. The summed E-state index contributed by atoms with van der Waals surface area (Å²) in [5, 5.41) is 8.89. The van der Waals surface area contributed by atoms with Crippen molar-refractivity contribution in [2.45, 2.75) is 25.8 Å². The van der Waals surface area contributed by atoms with Crippen molar-refractivity contribution in [3.05, 3.63) is 29.3 Å². The average Bonchev–Trinajstić information content (AvgIpc) is 2.77. The third-order valence-electron chi connectivity index (χ3n) is 3.31. The van der Waals surface area contributed by atoms with E-state index in [4.69, 9.17) is 11.0 Å². The van der Waals surface area contributed by atoms with Gasteiger partial charge in [-0.05, 0) is 43.5 Å². The maximum Gasteiger partial charge on any atom is 0.0994 e. The van der Waals surface area contributed by atoms with E-state index in [2.05, 4.69) is 17.0 Å². The summed E-state index contributed by atoms with van der Waals surface area (Å²) in [6.45, 7) is 3.77. The van der Waals surface area contributed by atoms with Crippen molar-refractivity contribution in [1.29, 1.82) is 5.26 Å². The van der Waals surface area contributed by atoms with Gasteiger partial charge in [-0.2, -0.15) is 5.26 Å². The first kappa shape index (κ1) is 11.0. The lowest BCUT2D eigenvalue weighted by atomic mass is 10.1. The summed E-state index contributed by atoms with van der Waals surface area (Å²) < 4.78 is 0. The van der Waals surface area contributed by atoms with Crippen molar-refractivity contribution < 1.29 is 0 Å². The molecule has 84 valence electrons. The fourth-order valence-electron chi connectivity index (χ4n) is 2.37. The maximum atomic E-state index is 8.89. The Kier molecular flexibility index (Phi) is 3.12. The standard InChI is InChI=1S/C13H17N3/c1-10-7-12(5-4-11(10)8-14)16-6-2-3-13(16)9-15/h4-5,7,13H,2-3,6,9,15H2,1H3. The summed E-state index contributed by atoms with van der Waals surface area (Å²) in [7, 11) is 0. The minimum absolute atomic E-state index is 0.465. The molecule has 0 radical (unpaired) electrons. The molecule has 0 spiro atoms. The lowest BCUT2D eigenvalue weighted by Crippen LogP contribution is -2.35. The van der Waals surface area contributed by atoms with Gasteiger partial charge >= 0.3 is 0 Å². The summed E-state index contributed by atoms with van der Waals surface area (Å²) in [6.07, 6.45) is 2.39. The molecule has 1 aliphatic heterocycles. The zero-order chi connectivity index (χ0) is 11.5. The number of nitrogens with two attached hydrogens (primary N) is 1. The zero-order valence-electron chi connectivity index (χ0n) is 9.61. The van der Waals surface area contributed by atoms with Crippen LogP contribution in [-0.4, -0.2) is 19.1 Å². The van der Waals surface area contributed by atoms with Crippen molar-refractivity contribution in [3.63, 3.8) is 0 Å². The quantitative estimate of drug-likeness (QED) is 0.818. The lowest BCUT2D eigenvalue weighted by molar-refractivity contribution is 0.677. The normalized spacial score (nSPS) is 19.8. The van der Waals surface area contributed by atoms with Gasteiger partial charge in [-0.1, -0.05) is 0 Å². The highest BCUT2D eigenvalue weighted by molar-refractivity contribution is 5.54. The predicted molar refractivity (Wildman–Crippen MR) is 65.3 cm³/mol. The predicted octanol–water partition coefficient (Wildman–Crippen LogP) is 1.79. The molecule has 1 aromatic rings. The van der Waals surface area contributed by atoms with Crippen LogP contribution in [0.2, 0.25) is 0 Å². The van der Waals surface area contributed by atoms with E-state index in [0.29, 0.717) is 12.6 Å². The molecule has 1 heterocycles. The van der Waals surface area contributed by atoms with Crippen LogP contribution in [0.4, 0.5) is 5.69 Å². The summed E-state index contributed by atoms with van der Waals surface area (Å²) in [5.74, 6) is 0. The van der Waals surface area contributed by atoms with Crippen molar-refractivity contribution in [1.82, 2.24) is 0 Å². The van der Waals surface area contributed by atoms with E-state index >= 15 is 0 Å². The van der Waals surface area contributed by atoms with Gasteiger partial charge in [0, 0.05) is 24.8 Å². The van der Waals surface area contributed by atoms with Gasteiger partial charge < -0.3 is 10.6 Å². The first-order chi connectivity index (χ1) is 7.76. The van der Waals surface area contributed by atoms with Gasteiger partial charge in [0.2, 0.25) is 0 Å². The second-order valence-electron chi connectivity index (χ2n) is 4.34. The molecule has 1 atom stereocenters.